The van der Waals surface area contributed by atoms with Crippen LogP contribution < -0.4 is 5.32 Å². The van der Waals surface area contributed by atoms with Gasteiger partial charge in [-0.05, 0) is 0 Å². The van der Waals surface area contributed by atoms with Crippen molar-refractivity contribution in [2.45, 2.75) is 19.1 Å². The second-order valence-electron chi connectivity index (χ2n) is 2.98. The molecule has 94 valence electrons. The molecule has 0 fully saturated rings. The van der Waals surface area contributed by atoms with Gasteiger partial charge in [0.05, 0.1) is 18.7 Å². The van der Waals surface area contributed by atoms with E-state index < -0.39 is 18.1 Å². The van der Waals surface area contributed by atoms with Gasteiger partial charge >= 0.3 is 18.1 Å². The maximum absolute atomic E-state index is 11.8. The summed E-state index contributed by atoms with van der Waals surface area (Å²) in [5, 5.41) is 11.7. The van der Waals surface area contributed by atoms with Crippen molar-refractivity contribution in [3.05, 3.63) is 16.1 Å². The number of carbonyl (C=O) groups is 2. The normalized spacial score (nSPS) is 11.2. The van der Waals surface area contributed by atoms with Gasteiger partial charge in [-0.3, -0.25) is 9.59 Å². The van der Waals surface area contributed by atoms with Gasteiger partial charge in [-0.1, -0.05) is 0 Å². The Kier molecular flexibility index (Phi) is 4.05. The van der Waals surface area contributed by atoms with Crippen LogP contribution in [0.5, 0.6) is 0 Å². The van der Waals surface area contributed by atoms with E-state index in [1.807, 2.05) is 0 Å². The van der Waals surface area contributed by atoms with Crippen molar-refractivity contribution in [2.24, 2.45) is 0 Å². The zero-order chi connectivity index (χ0) is 13.1. The van der Waals surface area contributed by atoms with Crippen LogP contribution in [0, 0.1) is 0 Å². The molecule has 0 aromatic carbocycles. The molecule has 5 nitrogen and oxygen atoms in total. The lowest BCUT2D eigenvalue weighted by Gasteiger charge is -2.05. The summed E-state index contributed by atoms with van der Waals surface area (Å²) < 4.78 is 35.5. The number of hydrogen-bond donors (Lipinski definition) is 2. The second-order valence-corrected chi connectivity index (χ2v) is 3.93. The fourth-order valence-electron chi connectivity index (χ4n) is 0.922. The Morgan fingerprint density at radius 3 is 2.65 bits per heavy atom. The molecule has 0 spiro atoms. The van der Waals surface area contributed by atoms with Gasteiger partial charge in [0, 0.05) is 5.38 Å². The molecular formula is C8H7F3N2O3S. The molecule has 2 N–H and O–H groups in total. The Bertz CT molecular complexity index is 430. The number of nitrogens with one attached hydrogen (secondary N) is 1. The maximum Gasteiger partial charge on any atom is 0.471 e. The number of aliphatic carboxylic acids is 1. The molecule has 0 radical (unpaired) electrons. The highest BCUT2D eigenvalue weighted by Crippen LogP contribution is 2.15. The summed E-state index contributed by atoms with van der Waals surface area (Å²) in [6.45, 7) is -0.372. The van der Waals surface area contributed by atoms with Crippen LogP contribution >= 0.6 is 11.3 Å². The summed E-state index contributed by atoms with van der Waals surface area (Å²) >= 11 is 0.988. The van der Waals surface area contributed by atoms with Crippen LogP contribution in [0.2, 0.25) is 0 Å². The molecule has 0 aliphatic rings. The Balaban J connectivity index is 2.50. The van der Waals surface area contributed by atoms with Gasteiger partial charge in [-0.25, -0.2) is 4.98 Å². The molecule has 0 aliphatic carbocycles. The summed E-state index contributed by atoms with van der Waals surface area (Å²) in [4.78, 5) is 24.6. The van der Waals surface area contributed by atoms with Gasteiger partial charge in [0.1, 0.15) is 5.01 Å². The van der Waals surface area contributed by atoms with Crippen LogP contribution in [0.1, 0.15) is 10.7 Å². The molecule has 0 saturated heterocycles. The molecule has 1 aromatic rings. The van der Waals surface area contributed by atoms with E-state index in [4.69, 9.17) is 5.11 Å². The molecule has 0 atom stereocenters. The third-order valence-corrected chi connectivity index (χ3v) is 2.49. The van der Waals surface area contributed by atoms with Gasteiger partial charge in [-0.15, -0.1) is 11.3 Å². The third kappa shape index (κ3) is 4.39. The Hall–Kier alpha value is -1.64. The highest BCUT2D eigenvalue weighted by Gasteiger charge is 2.38. The van der Waals surface area contributed by atoms with E-state index in [0.29, 0.717) is 0 Å². The van der Waals surface area contributed by atoms with Crippen LogP contribution in [-0.4, -0.2) is 28.1 Å². The van der Waals surface area contributed by atoms with Crippen molar-refractivity contribution in [2.75, 3.05) is 0 Å². The van der Waals surface area contributed by atoms with Gasteiger partial charge < -0.3 is 10.4 Å². The van der Waals surface area contributed by atoms with Crippen molar-refractivity contribution < 1.29 is 27.9 Å². The minimum atomic E-state index is -4.93. The lowest BCUT2D eigenvalue weighted by atomic mass is 10.3. The molecule has 17 heavy (non-hydrogen) atoms. The van der Waals surface area contributed by atoms with Crippen molar-refractivity contribution in [1.29, 1.82) is 0 Å². The standard InChI is InChI=1S/C8H7F3N2O3S/c9-8(10,11)7(16)12-2-5-13-4(3-17-5)1-6(14)15/h3H,1-2H2,(H,12,16)(H,14,15). The minimum absolute atomic E-state index is 0.221. The number of halogens is 3. The molecule has 9 heteroatoms. The maximum atomic E-state index is 11.8. The quantitative estimate of drug-likeness (QED) is 0.852. The Morgan fingerprint density at radius 1 is 1.47 bits per heavy atom. The number of carbonyl (C=O) groups excluding carboxylic acids is 1. The second kappa shape index (κ2) is 5.13. The van der Waals surface area contributed by atoms with Crippen LogP contribution in [0.4, 0.5) is 13.2 Å². The number of aromatic nitrogens is 1. The molecule has 1 rings (SSSR count). The molecular weight excluding hydrogens is 261 g/mol. The number of rotatable bonds is 4. The van der Waals surface area contributed by atoms with Crippen molar-refractivity contribution in [1.82, 2.24) is 10.3 Å². The Labute approximate surface area is 97.3 Å². The summed E-state index contributed by atoms with van der Waals surface area (Å²) in [7, 11) is 0. The average molecular weight is 268 g/mol. The fourth-order valence-corrected chi connectivity index (χ4v) is 1.66. The number of amides is 1. The first kappa shape index (κ1) is 13.4. The zero-order valence-electron chi connectivity index (χ0n) is 8.24. The monoisotopic (exact) mass is 268 g/mol. The fraction of sp³-hybridized carbons (Fsp3) is 0.375. The lowest BCUT2D eigenvalue weighted by Crippen LogP contribution is -2.36. The largest absolute Gasteiger partial charge is 0.481 e. The van der Waals surface area contributed by atoms with E-state index in [1.54, 1.807) is 5.32 Å². The number of nitrogens with zero attached hydrogens (tertiary/aromatic N) is 1. The van der Waals surface area contributed by atoms with Crippen molar-refractivity contribution in [3.63, 3.8) is 0 Å². The van der Waals surface area contributed by atoms with Gasteiger partial charge in [0.15, 0.2) is 0 Å². The van der Waals surface area contributed by atoms with Crippen molar-refractivity contribution in [3.8, 4) is 0 Å². The van der Waals surface area contributed by atoms with Gasteiger partial charge in [0.2, 0.25) is 0 Å². The highest BCUT2D eigenvalue weighted by molar-refractivity contribution is 7.09. The smallest absolute Gasteiger partial charge is 0.471 e. The SMILES string of the molecule is O=C(O)Cc1csc(CNC(=O)C(F)(F)F)n1. The van der Waals surface area contributed by atoms with E-state index in [2.05, 4.69) is 4.98 Å². The first-order chi connectivity index (χ1) is 7.79. The van der Waals surface area contributed by atoms with E-state index in [0.717, 1.165) is 11.3 Å². The van der Waals surface area contributed by atoms with E-state index in [-0.39, 0.29) is 23.7 Å². The Morgan fingerprint density at radius 2 is 2.12 bits per heavy atom. The number of alkyl halides is 3. The van der Waals surface area contributed by atoms with Gasteiger partial charge in [-0.2, -0.15) is 13.2 Å². The molecule has 1 heterocycles. The summed E-state index contributed by atoms with van der Waals surface area (Å²) in [6.07, 6.45) is -5.23. The number of hydrogen-bond acceptors (Lipinski definition) is 4. The molecule has 1 amide bonds. The predicted molar refractivity (Wildman–Crippen MR) is 51.4 cm³/mol. The average Bonchev–Trinajstić information content (AvgIpc) is 2.59. The van der Waals surface area contributed by atoms with Crippen LogP contribution in [0.15, 0.2) is 5.38 Å². The topological polar surface area (TPSA) is 79.3 Å². The first-order valence-electron chi connectivity index (χ1n) is 4.29. The molecule has 0 unspecified atom stereocenters. The van der Waals surface area contributed by atoms with E-state index in [1.165, 1.54) is 5.38 Å². The number of thiazole rings is 1. The lowest BCUT2D eigenvalue weighted by molar-refractivity contribution is -0.173. The van der Waals surface area contributed by atoms with E-state index >= 15 is 0 Å². The summed E-state index contributed by atoms with van der Waals surface area (Å²) in [5.74, 6) is -3.13. The van der Waals surface area contributed by atoms with Crippen LogP contribution in [-0.2, 0) is 22.6 Å². The molecule has 0 bridgehead atoms. The summed E-state index contributed by atoms with van der Waals surface area (Å²) in [5.41, 5.74) is 0.249. The third-order valence-electron chi connectivity index (χ3n) is 1.59. The number of carboxylic acids is 1. The van der Waals surface area contributed by atoms with Gasteiger partial charge in [0.25, 0.3) is 0 Å². The molecule has 1 aromatic heterocycles. The predicted octanol–water partition coefficient (Wildman–Crippen LogP) is 0.949. The minimum Gasteiger partial charge on any atom is -0.481 e. The molecule has 0 saturated carbocycles. The van der Waals surface area contributed by atoms with Crippen LogP contribution in [0.25, 0.3) is 0 Å². The zero-order valence-corrected chi connectivity index (χ0v) is 9.06. The first-order valence-corrected chi connectivity index (χ1v) is 5.17. The molecule has 0 aliphatic heterocycles. The van der Waals surface area contributed by atoms with Crippen molar-refractivity contribution >= 4 is 23.2 Å². The van der Waals surface area contributed by atoms with E-state index in [9.17, 15) is 22.8 Å². The summed E-state index contributed by atoms with van der Waals surface area (Å²) in [6, 6.07) is 0. The highest BCUT2D eigenvalue weighted by atomic mass is 32.1. The number of carboxylic acid groups (broad SMARTS) is 1. The van der Waals surface area contributed by atoms with Crippen LogP contribution in [0.3, 0.4) is 0 Å².